The van der Waals surface area contributed by atoms with Crippen LogP contribution < -0.4 is 16.4 Å². The lowest BCUT2D eigenvalue weighted by molar-refractivity contribution is 0.0996. The first-order chi connectivity index (χ1) is 19.7. The molecule has 41 heavy (non-hydrogen) atoms. The molecule has 0 aliphatic heterocycles. The molecule has 0 saturated carbocycles. The van der Waals surface area contributed by atoms with Crippen molar-refractivity contribution in [3.63, 3.8) is 0 Å². The summed E-state index contributed by atoms with van der Waals surface area (Å²) in [6, 6.07) is 12.7. The predicted molar refractivity (Wildman–Crippen MR) is 158 cm³/mol. The number of carbonyl (C=O) groups excluding carboxylic acids is 2. The van der Waals surface area contributed by atoms with Crippen LogP contribution in [-0.2, 0) is 19.6 Å². The Kier molecular flexibility index (Phi) is 7.75. The minimum Gasteiger partial charge on any atom is -0.389 e. The van der Waals surface area contributed by atoms with Crippen LogP contribution in [0.15, 0.2) is 42.5 Å². The van der Waals surface area contributed by atoms with E-state index in [1.165, 1.54) is 0 Å². The number of amides is 2. The largest absolute Gasteiger partial charge is 0.389 e. The zero-order valence-corrected chi connectivity index (χ0v) is 23.7. The van der Waals surface area contributed by atoms with E-state index in [9.17, 15) is 14.7 Å². The number of carbonyl (C=O) groups is 2. The lowest BCUT2D eigenvalue weighted by atomic mass is 10.1. The van der Waals surface area contributed by atoms with Crippen molar-refractivity contribution in [1.82, 2.24) is 28.9 Å². The van der Waals surface area contributed by atoms with Gasteiger partial charge >= 0.3 is 0 Å². The van der Waals surface area contributed by atoms with Gasteiger partial charge in [0.2, 0.25) is 17.8 Å². The molecule has 3 aromatic heterocycles. The molecule has 1 atom stereocenters. The summed E-state index contributed by atoms with van der Waals surface area (Å²) in [6.07, 6.45) is 0.878. The fourth-order valence-electron chi connectivity index (χ4n) is 5.20. The molecule has 0 saturated heterocycles. The maximum atomic E-state index is 13.3. The molecule has 3 heterocycles. The summed E-state index contributed by atoms with van der Waals surface area (Å²) in [7, 11) is 1.81. The number of primary amides is 1. The first kappa shape index (κ1) is 27.8. The number of nitrogens with two attached hydrogens (primary N) is 1. The van der Waals surface area contributed by atoms with Crippen LogP contribution in [0.25, 0.3) is 22.1 Å². The number of imidazole rings is 2. The summed E-state index contributed by atoms with van der Waals surface area (Å²) in [5, 5.41) is 20.9. The highest BCUT2D eigenvalue weighted by atomic mass is 16.3. The lowest BCUT2D eigenvalue weighted by Gasteiger charge is -2.12. The second kappa shape index (κ2) is 11.4. The first-order valence-electron chi connectivity index (χ1n) is 13.7. The van der Waals surface area contributed by atoms with E-state index in [0.717, 1.165) is 29.6 Å². The second-order valence-electron chi connectivity index (χ2n) is 10.0. The summed E-state index contributed by atoms with van der Waals surface area (Å²) < 4.78 is 5.73. The third-order valence-corrected chi connectivity index (χ3v) is 7.19. The van der Waals surface area contributed by atoms with Gasteiger partial charge in [0.1, 0.15) is 5.69 Å². The third kappa shape index (κ3) is 5.38. The fraction of sp³-hybridized carbons (Fsp3) is 0.345. The average Bonchev–Trinajstić information content (AvgIpc) is 3.62. The highest BCUT2D eigenvalue weighted by Crippen LogP contribution is 2.28. The van der Waals surface area contributed by atoms with Crippen molar-refractivity contribution >= 4 is 45.8 Å². The Hall–Kier alpha value is -4.71. The number of aliphatic hydroxyl groups excluding tert-OH is 1. The number of rotatable bonds is 11. The van der Waals surface area contributed by atoms with Crippen molar-refractivity contribution in [1.29, 1.82) is 0 Å². The summed E-state index contributed by atoms with van der Waals surface area (Å²) in [5.74, 6) is 0.340. The van der Waals surface area contributed by atoms with Gasteiger partial charge < -0.3 is 25.3 Å². The predicted octanol–water partition coefficient (Wildman–Crippen LogP) is 3.84. The number of fused-ring (bicyclic) bond motifs is 2. The molecule has 0 aliphatic carbocycles. The van der Waals surface area contributed by atoms with E-state index in [4.69, 9.17) is 10.7 Å². The maximum Gasteiger partial charge on any atom is 0.276 e. The van der Waals surface area contributed by atoms with Gasteiger partial charge in [-0.15, -0.1) is 0 Å². The number of anilines is 2. The SMILES string of the molecule is CCn1nc(C)cc1C(=O)Nc1nc2c(C(C)O)cccc2n1CCCCn1c(NC)nc2cc(C(N)=O)ccc21. The van der Waals surface area contributed by atoms with Crippen LogP contribution in [0.2, 0.25) is 0 Å². The third-order valence-electron chi connectivity index (χ3n) is 7.19. The Balaban J connectivity index is 1.40. The Morgan fingerprint density at radius 3 is 2.41 bits per heavy atom. The maximum absolute atomic E-state index is 13.3. The van der Waals surface area contributed by atoms with E-state index in [2.05, 4.69) is 25.3 Å². The van der Waals surface area contributed by atoms with Gasteiger partial charge in [-0.25, -0.2) is 9.97 Å². The fourth-order valence-corrected chi connectivity index (χ4v) is 5.20. The molecule has 12 nitrogen and oxygen atoms in total. The number of hydrogen-bond donors (Lipinski definition) is 4. The molecular formula is C29H35N9O3. The molecule has 5 N–H and O–H groups in total. The van der Waals surface area contributed by atoms with E-state index in [1.807, 2.05) is 49.7 Å². The molecule has 0 spiro atoms. The van der Waals surface area contributed by atoms with E-state index in [0.29, 0.717) is 59.4 Å². The van der Waals surface area contributed by atoms with Gasteiger partial charge in [0.15, 0.2) is 0 Å². The standard InChI is InChI=1S/C29H35N9O3/c1-5-38-24(15-17(2)35-38)27(41)34-29-33-25-20(18(3)39)9-8-10-23(25)37(29)14-7-6-13-36-22-12-11-19(26(30)40)16-21(22)32-28(36)31-4/h8-12,15-16,18,39H,5-7,13-14H2,1-4H3,(H2,30,40)(H,31,32)(H,33,34,41). The molecular weight excluding hydrogens is 522 g/mol. The Morgan fingerprint density at radius 1 is 1.02 bits per heavy atom. The van der Waals surface area contributed by atoms with Crippen LogP contribution >= 0.6 is 0 Å². The number of benzene rings is 2. The van der Waals surface area contributed by atoms with Crippen molar-refractivity contribution in [2.75, 3.05) is 17.7 Å². The number of nitrogens with one attached hydrogen (secondary N) is 2. The lowest BCUT2D eigenvalue weighted by Crippen LogP contribution is -2.20. The van der Waals surface area contributed by atoms with Gasteiger partial charge in [-0.1, -0.05) is 12.1 Å². The molecule has 0 aliphatic rings. The van der Waals surface area contributed by atoms with Crippen LogP contribution in [-0.4, -0.2) is 52.9 Å². The van der Waals surface area contributed by atoms with E-state index < -0.39 is 12.0 Å². The number of aliphatic hydroxyl groups is 1. The summed E-state index contributed by atoms with van der Waals surface area (Å²) >= 11 is 0. The number of unbranched alkanes of at least 4 members (excludes halogenated alkanes) is 1. The first-order valence-corrected chi connectivity index (χ1v) is 13.7. The smallest absolute Gasteiger partial charge is 0.276 e. The summed E-state index contributed by atoms with van der Waals surface area (Å²) in [6.45, 7) is 7.34. The molecule has 12 heteroatoms. The Morgan fingerprint density at radius 2 is 1.76 bits per heavy atom. The summed E-state index contributed by atoms with van der Waals surface area (Å²) in [4.78, 5) is 34.3. The number of aryl methyl sites for hydroxylation is 4. The van der Waals surface area contributed by atoms with Gasteiger partial charge in [-0.2, -0.15) is 5.10 Å². The van der Waals surface area contributed by atoms with Crippen molar-refractivity contribution in [3.05, 3.63) is 65.0 Å². The topological polar surface area (TPSA) is 158 Å². The molecule has 0 fully saturated rings. The molecule has 5 rings (SSSR count). The van der Waals surface area contributed by atoms with Gasteiger partial charge in [0.25, 0.3) is 5.91 Å². The number of aromatic nitrogens is 6. The van der Waals surface area contributed by atoms with Gasteiger partial charge in [-0.05, 0) is 63.9 Å². The number of nitrogens with zero attached hydrogens (tertiary/aromatic N) is 6. The number of hydrogen-bond acceptors (Lipinski definition) is 7. The van der Waals surface area contributed by atoms with Crippen LogP contribution in [0.4, 0.5) is 11.9 Å². The minimum absolute atomic E-state index is 0.290. The minimum atomic E-state index is -0.709. The van der Waals surface area contributed by atoms with Crippen LogP contribution in [0.1, 0.15) is 64.9 Å². The number of para-hydroxylation sites is 1. The molecule has 2 aromatic carbocycles. The Bertz CT molecular complexity index is 1750. The van der Waals surface area contributed by atoms with Crippen molar-refractivity contribution in [3.8, 4) is 0 Å². The van der Waals surface area contributed by atoms with E-state index >= 15 is 0 Å². The van der Waals surface area contributed by atoms with Crippen molar-refractivity contribution < 1.29 is 14.7 Å². The molecule has 2 amide bonds. The van der Waals surface area contributed by atoms with Crippen LogP contribution in [0.3, 0.4) is 0 Å². The molecule has 0 bridgehead atoms. The van der Waals surface area contributed by atoms with Gasteiger partial charge in [0.05, 0.1) is 33.9 Å². The van der Waals surface area contributed by atoms with Crippen molar-refractivity contribution in [2.45, 2.75) is 59.4 Å². The highest BCUT2D eigenvalue weighted by molar-refractivity contribution is 6.03. The highest BCUT2D eigenvalue weighted by Gasteiger charge is 2.20. The molecule has 214 valence electrons. The molecule has 0 radical (unpaired) electrons. The van der Waals surface area contributed by atoms with Crippen LogP contribution in [0.5, 0.6) is 0 Å². The van der Waals surface area contributed by atoms with E-state index in [1.54, 1.807) is 29.8 Å². The zero-order valence-electron chi connectivity index (χ0n) is 23.7. The van der Waals surface area contributed by atoms with Gasteiger partial charge in [0, 0.05) is 37.8 Å². The van der Waals surface area contributed by atoms with Gasteiger partial charge in [-0.3, -0.25) is 19.6 Å². The van der Waals surface area contributed by atoms with Crippen LogP contribution in [0, 0.1) is 6.92 Å². The summed E-state index contributed by atoms with van der Waals surface area (Å²) in [5.41, 5.74) is 10.9. The van der Waals surface area contributed by atoms with E-state index in [-0.39, 0.29) is 5.91 Å². The average molecular weight is 558 g/mol. The van der Waals surface area contributed by atoms with Crippen molar-refractivity contribution in [2.24, 2.45) is 5.73 Å². The normalized spacial score (nSPS) is 12.2. The molecule has 1 unspecified atom stereocenters. The monoisotopic (exact) mass is 557 g/mol. The zero-order chi connectivity index (χ0) is 29.3. The Labute approximate surface area is 237 Å². The molecule has 5 aromatic rings. The second-order valence-corrected chi connectivity index (χ2v) is 10.0. The quantitative estimate of drug-likeness (QED) is 0.180.